The summed E-state index contributed by atoms with van der Waals surface area (Å²) >= 11 is 0. The van der Waals surface area contributed by atoms with Gasteiger partial charge < -0.3 is 9.90 Å². The highest BCUT2D eigenvalue weighted by Crippen LogP contribution is 2.09. The Bertz CT molecular complexity index is 512. The first-order chi connectivity index (χ1) is 15.6. The Morgan fingerprint density at radius 1 is 0.812 bits per heavy atom. The molecule has 186 valence electrons. The van der Waals surface area contributed by atoms with Gasteiger partial charge in [-0.3, -0.25) is 4.90 Å². The molecule has 0 aromatic rings. The maximum Gasteiger partial charge on any atom is 0.202 e. The lowest BCUT2D eigenvalue weighted by molar-refractivity contribution is -0.745. The number of nitrogens with one attached hydrogen (secondary N) is 1. The van der Waals surface area contributed by atoms with Gasteiger partial charge in [-0.1, -0.05) is 90.2 Å². The fraction of sp³-hybridized carbons (Fsp3) is 0.786. The summed E-state index contributed by atoms with van der Waals surface area (Å²) in [6, 6.07) is 0. The van der Waals surface area contributed by atoms with Gasteiger partial charge >= 0.3 is 0 Å². The van der Waals surface area contributed by atoms with Crippen LogP contribution < -0.4 is 10.0 Å². The third-order valence-corrected chi connectivity index (χ3v) is 5.95. The number of unbranched alkanes of at least 4 members (excludes halogenated alkanes) is 14. The third kappa shape index (κ3) is 21.8. The Labute approximate surface area is 199 Å². The largest absolute Gasteiger partial charge is 0.550 e. The van der Waals surface area contributed by atoms with Gasteiger partial charge in [0.05, 0.1) is 12.7 Å². The van der Waals surface area contributed by atoms with Crippen LogP contribution in [0.25, 0.3) is 0 Å². The number of aliphatic carboxylic acids is 1. The second-order valence-corrected chi connectivity index (χ2v) is 9.07. The van der Waals surface area contributed by atoms with E-state index >= 15 is 0 Å². The Balaban J connectivity index is 0.000000677. The summed E-state index contributed by atoms with van der Waals surface area (Å²) in [4.78, 5) is 15.9. The van der Waals surface area contributed by atoms with Gasteiger partial charge in [-0.15, -0.1) is 0 Å². The second-order valence-electron chi connectivity index (χ2n) is 9.07. The minimum atomic E-state index is -0.914. The summed E-state index contributed by atoms with van der Waals surface area (Å²) in [5.41, 5.74) is 0. The van der Waals surface area contributed by atoms with Crippen LogP contribution in [0.5, 0.6) is 0 Å². The van der Waals surface area contributed by atoms with Crippen LogP contribution in [0, 0.1) is 0 Å². The molecule has 0 bridgehead atoms. The van der Waals surface area contributed by atoms with Crippen LogP contribution in [-0.4, -0.2) is 18.3 Å². The maximum absolute atomic E-state index is 10.2. The molecule has 1 heterocycles. The van der Waals surface area contributed by atoms with E-state index in [2.05, 4.69) is 44.1 Å². The van der Waals surface area contributed by atoms with Crippen LogP contribution in [0.3, 0.4) is 0 Å². The van der Waals surface area contributed by atoms with Gasteiger partial charge in [-0.05, 0) is 51.4 Å². The molecule has 0 aromatic heterocycles. The molecular weight excluding hydrogens is 396 g/mol. The molecule has 0 fully saturated rings. The third-order valence-electron chi connectivity index (χ3n) is 5.95. The zero-order valence-corrected chi connectivity index (χ0v) is 21.5. The standard InChI is InChI=1S/C18H34O2.C10H18N2/c1-2-3-4-5-6-7-8-9-10-11-12-13-14-15-16-17-18(19)20;1-3-4-5-6-8-12-9-7-11-10(12)2/h9-10H,2-8,11-17H2,1H3,(H,19,20);7,9H,3-6,8H2,1-2H3/b10-9-;. The molecule has 0 saturated carbocycles. The number of hydrogen-bond acceptors (Lipinski definition) is 3. The van der Waals surface area contributed by atoms with E-state index in [0.29, 0.717) is 0 Å². The Hall–Kier alpha value is -1.42. The lowest BCUT2D eigenvalue weighted by atomic mass is 10.1. The van der Waals surface area contributed by atoms with E-state index in [1.54, 1.807) is 0 Å². The van der Waals surface area contributed by atoms with Crippen molar-refractivity contribution >= 4 is 11.8 Å². The number of aliphatic imine (C=N–C) groups is 1. The van der Waals surface area contributed by atoms with Gasteiger partial charge in [0.2, 0.25) is 5.84 Å². The highest BCUT2D eigenvalue weighted by Gasteiger charge is 2.12. The first-order valence-corrected chi connectivity index (χ1v) is 13.5. The molecule has 1 unspecified atom stereocenters. The van der Waals surface area contributed by atoms with Crippen molar-refractivity contribution < 1.29 is 14.8 Å². The molecule has 0 aromatic carbocycles. The van der Waals surface area contributed by atoms with E-state index in [4.69, 9.17) is 0 Å². The second kappa shape index (κ2) is 24.2. The van der Waals surface area contributed by atoms with E-state index in [9.17, 15) is 9.90 Å². The highest BCUT2D eigenvalue weighted by atomic mass is 16.4. The molecule has 0 aliphatic carbocycles. The van der Waals surface area contributed by atoms with Crippen LogP contribution in [0.1, 0.15) is 136 Å². The van der Waals surface area contributed by atoms with E-state index < -0.39 is 5.97 Å². The van der Waals surface area contributed by atoms with Crippen molar-refractivity contribution in [3.8, 4) is 0 Å². The minimum Gasteiger partial charge on any atom is -0.550 e. The minimum absolute atomic E-state index is 0.220. The summed E-state index contributed by atoms with van der Waals surface area (Å²) in [5, 5.41) is 10.2. The molecule has 1 rings (SSSR count). The number of quaternary nitrogens is 1. The summed E-state index contributed by atoms with van der Waals surface area (Å²) in [6.45, 7) is 7.81. The molecule has 4 nitrogen and oxygen atoms in total. The van der Waals surface area contributed by atoms with Crippen molar-refractivity contribution in [3.05, 3.63) is 24.6 Å². The van der Waals surface area contributed by atoms with Crippen molar-refractivity contribution in [1.82, 2.24) is 0 Å². The number of nitrogens with zero attached hydrogens (tertiary/aromatic N) is 1. The summed E-state index contributed by atoms with van der Waals surface area (Å²) in [7, 11) is 0. The zero-order valence-electron chi connectivity index (χ0n) is 21.5. The molecule has 1 N–H and O–H groups in total. The molecule has 32 heavy (non-hydrogen) atoms. The van der Waals surface area contributed by atoms with Crippen molar-refractivity contribution in [1.29, 1.82) is 0 Å². The lowest BCUT2D eigenvalue weighted by Crippen LogP contribution is -3.08. The predicted octanol–water partition coefficient (Wildman–Crippen LogP) is 6.13. The number of hydrogen-bond donors (Lipinski definition) is 1. The number of carbonyl (C=O) groups is 1. The Morgan fingerprint density at radius 3 is 1.81 bits per heavy atom. The smallest absolute Gasteiger partial charge is 0.202 e. The van der Waals surface area contributed by atoms with E-state index in [1.165, 1.54) is 107 Å². The maximum atomic E-state index is 10.2. The van der Waals surface area contributed by atoms with Gasteiger partial charge in [0.1, 0.15) is 6.20 Å². The summed E-state index contributed by atoms with van der Waals surface area (Å²) in [6.07, 6.45) is 30.3. The number of carboxylic acid groups (broad SMARTS) is 1. The number of rotatable bonds is 20. The summed E-state index contributed by atoms with van der Waals surface area (Å²) in [5.74, 6) is 0.300. The van der Waals surface area contributed by atoms with Crippen molar-refractivity contribution in [2.75, 3.05) is 6.54 Å². The van der Waals surface area contributed by atoms with Crippen LogP contribution in [-0.2, 0) is 4.79 Å². The Morgan fingerprint density at radius 2 is 1.31 bits per heavy atom. The van der Waals surface area contributed by atoms with Gasteiger partial charge in [0.15, 0.2) is 0 Å². The normalized spacial score (nSPS) is 15.1. The highest BCUT2D eigenvalue weighted by molar-refractivity contribution is 5.72. The summed E-state index contributed by atoms with van der Waals surface area (Å²) < 4.78 is 0. The van der Waals surface area contributed by atoms with Crippen LogP contribution in [0.15, 0.2) is 29.5 Å². The van der Waals surface area contributed by atoms with Gasteiger partial charge in [0, 0.05) is 12.9 Å². The van der Waals surface area contributed by atoms with Gasteiger partial charge in [-0.25, -0.2) is 4.99 Å². The predicted molar refractivity (Wildman–Crippen MR) is 137 cm³/mol. The zero-order chi connectivity index (χ0) is 23.7. The number of carbonyl (C=O) groups excluding carboxylic acids is 1. The fourth-order valence-electron chi connectivity index (χ4n) is 3.79. The average Bonchev–Trinajstić information content (AvgIpc) is 3.19. The number of allylic oxidation sites excluding steroid dienone is 2. The van der Waals surface area contributed by atoms with E-state index in [1.807, 2.05) is 6.20 Å². The molecule has 0 saturated heterocycles. The van der Waals surface area contributed by atoms with Crippen LogP contribution in [0.4, 0.5) is 0 Å². The molecule has 1 aliphatic heterocycles. The fourth-order valence-corrected chi connectivity index (χ4v) is 3.79. The van der Waals surface area contributed by atoms with Crippen LogP contribution in [0.2, 0.25) is 0 Å². The monoisotopic (exact) mass is 448 g/mol. The van der Waals surface area contributed by atoms with Crippen molar-refractivity contribution in [2.45, 2.75) is 136 Å². The van der Waals surface area contributed by atoms with Gasteiger partial charge in [-0.2, -0.15) is 0 Å². The number of carboxylic acids is 1. The molecule has 1 atom stereocenters. The van der Waals surface area contributed by atoms with Gasteiger partial charge in [0.25, 0.3) is 0 Å². The SMILES string of the molecule is CCCCCCCC/C=C\CCCCCCCC(=O)[O-].CCCCCC[NH+]1C=CN=C1C. The quantitative estimate of drug-likeness (QED) is 0.180. The molecule has 0 amide bonds. The average molecular weight is 449 g/mol. The Kier molecular flexibility index (Phi) is 23.2. The molecule has 1 aliphatic rings. The van der Waals surface area contributed by atoms with E-state index in [-0.39, 0.29) is 6.42 Å². The lowest BCUT2D eigenvalue weighted by Gasteiger charge is -2.08. The topological polar surface area (TPSA) is 56.9 Å². The molecule has 0 spiro atoms. The molecule has 4 heteroatoms. The van der Waals surface area contributed by atoms with Crippen molar-refractivity contribution in [3.63, 3.8) is 0 Å². The van der Waals surface area contributed by atoms with E-state index in [0.717, 1.165) is 19.3 Å². The first kappa shape index (κ1) is 30.6. The molecular formula is C28H52N2O2. The first-order valence-electron chi connectivity index (χ1n) is 13.5. The molecule has 0 radical (unpaired) electrons. The number of amidine groups is 1. The van der Waals surface area contributed by atoms with Crippen LogP contribution >= 0.6 is 0 Å². The van der Waals surface area contributed by atoms with Crippen molar-refractivity contribution in [2.24, 2.45) is 4.99 Å².